The fourth-order valence-corrected chi connectivity index (χ4v) is 4.37. The van der Waals surface area contributed by atoms with Crippen molar-refractivity contribution in [3.63, 3.8) is 0 Å². The number of carbonyl (C=O) groups excluding carboxylic acids is 1. The topological polar surface area (TPSA) is 68.5 Å². The number of ether oxygens (including phenoxy) is 1. The molecule has 2 aliphatic rings. The average Bonchev–Trinajstić information content (AvgIpc) is 3.33. The summed E-state index contributed by atoms with van der Waals surface area (Å²) in [5.41, 5.74) is 6.80. The minimum atomic E-state index is 0.113. The average molecular weight is 403 g/mol. The highest BCUT2D eigenvalue weighted by Gasteiger charge is 2.35. The zero-order chi connectivity index (χ0) is 20.7. The molecule has 0 saturated carbocycles. The smallest absolute Gasteiger partial charge is 0.256 e. The Morgan fingerprint density at radius 2 is 1.87 bits per heavy atom. The van der Waals surface area contributed by atoms with Crippen LogP contribution in [0.15, 0.2) is 41.0 Å². The second-order valence-corrected chi connectivity index (χ2v) is 8.13. The number of fused-ring (bicyclic) bond motifs is 1. The summed E-state index contributed by atoms with van der Waals surface area (Å²) in [7, 11) is 0. The molecule has 1 amide bonds. The van der Waals surface area contributed by atoms with E-state index < -0.39 is 0 Å². The van der Waals surface area contributed by atoms with Gasteiger partial charge in [0.25, 0.3) is 5.91 Å². The molecule has 30 heavy (non-hydrogen) atoms. The molecule has 6 nitrogen and oxygen atoms in total. The first-order valence-corrected chi connectivity index (χ1v) is 10.5. The van der Waals surface area contributed by atoms with Crippen molar-refractivity contribution in [2.75, 3.05) is 13.2 Å². The van der Waals surface area contributed by atoms with Crippen LogP contribution >= 0.6 is 0 Å². The second-order valence-electron chi connectivity index (χ2n) is 8.13. The van der Waals surface area contributed by atoms with Crippen molar-refractivity contribution in [1.29, 1.82) is 0 Å². The van der Waals surface area contributed by atoms with Gasteiger partial charge in [-0.25, -0.2) is 4.98 Å². The Morgan fingerprint density at radius 1 is 1.10 bits per heavy atom. The fraction of sp³-hybridized carbons (Fsp3) is 0.375. The van der Waals surface area contributed by atoms with Crippen LogP contribution in [-0.4, -0.2) is 40.0 Å². The molecule has 5 rings (SSSR count). The summed E-state index contributed by atoms with van der Waals surface area (Å²) in [5.74, 6) is 0.774. The Balaban J connectivity index is 1.35. The summed E-state index contributed by atoms with van der Waals surface area (Å²) in [6.45, 7) is 5.94. The van der Waals surface area contributed by atoms with Crippen molar-refractivity contribution >= 4 is 5.91 Å². The lowest BCUT2D eigenvalue weighted by molar-refractivity contribution is 0.0302. The van der Waals surface area contributed by atoms with Crippen molar-refractivity contribution in [3.8, 4) is 11.3 Å². The number of amides is 1. The van der Waals surface area contributed by atoms with E-state index in [1.54, 1.807) is 6.26 Å². The minimum Gasteiger partial charge on any atom is -0.449 e. The van der Waals surface area contributed by atoms with E-state index in [1.165, 1.54) is 5.56 Å². The first-order chi connectivity index (χ1) is 14.6. The van der Waals surface area contributed by atoms with Gasteiger partial charge in [0.2, 0.25) is 0 Å². The van der Waals surface area contributed by atoms with Gasteiger partial charge in [0.05, 0.1) is 17.8 Å². The minimum absolute atomic E-state index is 0.113. The predicted molar refractivity (Wildman–Crippen MR) is 112 cm³/mol. The Hall–Kier alpha value is -2.99. The van der Waals surface area contributed by atoms with Crippen LogP contribution in [0, 0.1) is 13.8 Å². The SMILES string of the molecule is Cc1nc(-c2ccc(Cc3cc4c(nc3C)CN(C3CCOCC3)C4=O)cc2)co1. The summed E-state index contributed by atoms with van der Waals surface area (Å²) in [5, 5.41) is 0. The Kier molecular flexibility index (Phi) is 4.87. The molecule has 2 aromatic heterocycles. The third-order valence-corrected chi connectivity index (χ3v) is 6.10. The summed E-state index contributed by atoms with van der Waals surface area (Å²) in [6, 6.07) is 10.6. The third kappa shape index (κ3) is 3.52. The molecule has 0 N–H and O–H groups in total. The van der Waals surface area contributed by atoms with Crippen LogP contribution in [0.5, 0.6) is 0 Å². The maximum Gasteiger partial charge on any atom is 0.256 e. The van der Waals surface area contributed by atoms with E-state index in [4.69, 9.17) is 14.1 Å². The van der Waals surface area contributed by atoms with Crippen LogP contribution < -0.4 is 0 Å². The van der Waals surface area contributed by atoms with Gasteiger partial charge >= 0.3 is 0 Å². The van der Waals surface area contributed by atoms with Crippen molar-refractivity contribution in [2.24, 2.45) is 0 Å². The van der Waals surface area contributed by atoms with E-state index in [2.05, 4.69) is 29.2 Å². The molecule has 2 aliphatic heterocycles. The maximum atomic E-state index is 13.0. The number of aromatic nitrogens is 2. The van der Waals surface area contributed by atoms with Gasteiger partial charge in [-0.1, -0.05) is 24.3 Å². The lowest BCUT2D eigenvalue weighted by Crippen LogP contribution is -2.39. The van der Waals surface area contributed by atoms with Gasteiger partial charge < -0.3 is 14.1 Å². The maximum absolute atomic E-state index is 13.0. The number of nitrogens with zero attached hydrogens (tertiary/aromatic N) is 3. The van der Waals surface area contributed by atoms with E-state index in [9.17, 15) is 4.79 Å². The number of carbonyl (C=O) groups is 1. The van der Waals surface area contributed by atoms with Crippen molar-refractivity contribution in [1.82, 2.24) is 14.9 Å². The molecule has 0 aliphatic carbocycles. The molecular weight excluding hydrogens is 378 g/mol. The molecule has 0 bridgehead atoms. The van der Waals surface area contributed by atoms with Gasteiger partial charge in [-0.15, -0.1) is 0 Å². The molecule has 154 valence electrons. The van der Waals surface area contributed by atoms with E-state index in [1.807, 2.05) is 24.8 Å². The number of rotatable bonds is 4. The number of benzene rings is 1. The molecule has 1 saturated heterocycles. The molecule has 1 fully saturated rings. The number of hydrogen-bond donors (Lipinski definition) is 0. The molecule has 0 spiro atoms. The third-order valence-electron chi connectivity index (χ3n) is 6.10. The highest BCUT2D eigenvalue weighted by Crippen LogP contribution is 2.29. The van der Waals surface area contributed by atoms with Gasteiger partial charge in [-0.05, 0) is 43.4 Å². The van der Waals surface area contributed by atoms with Crippen LogP contribution in [-0.2, 0) is 17.7 Å². The zero-order valence-corrected chi connectivity index (χ0v) is 17.4. The van der Waals surface area contributed by atoms with E-state index in [-0.39, 0.29) is 11.9 Å². The van der Waals surface area contributed by atoms with E-state index in [0.717, 1.165) is 66.2 Å². The Bertz CT molecular complexity index is 1080. The lowest BCUT2D eigenvalue weighted by atomic mass is 10.00. The summed E-state index contributed by atoms with van der Waals surface area (Å²) >= 11 is 0. The quantitative estimate of drug-likeness (QED) is 0.657. The van der Waals surface area contributed by atoms with Gasteiger partial charge in [0.1, 0.15) is 12.0 Å². The van der Waals surface area contributed by atoms with Crippen LogP contribution in [0.3, 0.4) is 0 Å². The van der Waals surface area contributed by atoms with Gasteiger partial charge in [-0.3, -0.25) is 9.78 Å². The molecule has 1 aromatic carbocycles. The van der Waals surface area contributed by atoms with Crippen LogP contribution in [0.2, 0.25) is 0 Å². The van der Waals surface area contributed by atoms with Crippen LogP contribution in [0.25, 0.3) is 11.3 Å². The molecule has 0 unspecified atom stereocenters. The molecule has 0 atom stereocenters. The molecule has 6 heteroatoms. The monoisotopic (exact) mass is 403 g/mol. The van der Waals surface area contributed by atoms with Crippen molar-refractivity contribution < 1.29 is 13.9 Å². The van der Waals surface area contributed by atoms with Crippen LogP contribution in [0.1, 0.15) is 51.6 Å². The molecule has 3 aromatic rings. The first-order valence-electron chi connectivity index (χ1n) is 10.5. The van der Waals surface area contributed by atoms with Crippen LogP contribution in [0.4, 0.5) is 0 Å². The second kappa shape index (κ2) is 7.69. The normalized spacial score (nSPS) is 16.9. The van der Waals surface area contributed by atoms with Crippen molar-refractivity contribution in [3.05, 3.63) is 70.6 Å². The molecular formula is C24H25N3O3. The van der Waals surface area contributed by atoms with Gasteiger partial charge in [-0.2, -0.15) is 0 Å². The summed E-state index contributed by atoms with van der Waals surface area (Å²) in [4.78, 5) is 24.2. The lowest BCUT2D eigenvalue weighted by Gasteiger charge is -2.30. The molecule has 0 radical (unpaired) electrons. The predicted octanol–water partition coefficient (Wildman–Crippen LogP) is 4.08. The standard InChI is InChI=1S/C24H25N3O3/c1-15-19(11-17-3-5-18(6-4-17)23-14-30-16(2)26-23)12-21-22(25-15)13-27(24(21)28)20-7-9-29-10-8-20/h3-6,12,14,20H,7-11,13H2,1-2H3. The number of hydrogen-bond acceptors (Lipinski definition) is 5. The van der Waals surface area contributed by atoms with Crippen molar-refractivity contribution in [2.45, 2.75) is 45.7 Å². The summed E-state index contributed by atoms with van der Waals surface area (Å²) < 4.78 is 10.8. The van der Waals surface area contributed by atoms with E-state index in [0.29, 0.717) is 12.4 Å². The van der Waals surface area contributed by atoms with Gasteiger partial charge in [0, 0.05) is 37.4 Å². The number of aryl methyl sites for hydroxylation is 2. The van der Waals surface area contributed by atoms with E-state index >= 15 is 0 Å². The molecule has 4 heterocycles. The Labute approximate surface area is 175 Å². The number of oxazole rings is 1. The highest BCUT2D eigenvalue weighted by molar-refractivity contribution is 5.98. The number of pyridine rings is 1. The zero-order valence-electron chi connectivity index (χ0n) is 17.4. The fourth-order valence-electron chi connectivity index (χ4n) is 4.37. The first kappa shape index (κ1) is 19.0. The highest BCUT2D eigenvalue weighted by atomic mass is 16.5. The Morgan fingerprint density at radius 3 is 2.57 bits per heavy atom. The van der Waals surface area contributed by atoms with Gasteiger partial charge in [0.15, 0.2) is 5.89 Å². The largest absolute Gasteiger partial charge is 0.449 e. The summed E-state index contributed by atoms with van der Waals surface area (Å²) in [6.07, 6.45) is 4.23.